The first-order valence-electron chi connectivity index (χ1n) is 10.4. The van der Waals surface area contributed by atoms with Crippen LogP contribution < -0.4 is 19.5 Å². The third-order valence-electron chi connectivity index (χ3n) is 5.46. The van der Waals surface area contributed by atoms with Gasteiger partial charge < -0.3 is 19.5 Å². The average Bonchev–Trinajstić information content (AvgIpc) is 2.79. The number of likely N-dealkylation sites (tertiary alicyclic amines) is 1. The molecule has 6 heteroatoms. The summed E-state index contributed by atoms with van der Waals surface area (Å²) < 4.78 is 16.6. The number of carbonyl (C=O) groups excluding carboxylic acids is 1. The highest BCUT2D eigenvalue weighted by Gasteiger charge is 2.20. The van der Waals surface area contributed by atoms with Crippen molar-refractivity contribution in [3.63, 3.8) is 0 Å². The number of amides is 1. The number of nitrogens with zero attached hydrogens (tertiary/aromatic N) is 1. The molecule has 2 aliphatic heterocycles. The van der Waals surface area contributed by atoms with E-state index in [1.807, 2.05) is 18.2 Å². The molecular formula is C24H28N2O4. The maximum atomic E-state index is 12.4. The van der Waals surface area contributed by atoms with E-state index < -0.39 is 0 Å². The van der Waals surface area contributed by atoms with E-state index in [4.69, 9.17) is 14.2 Å². The van der Waals surface area contributed by atoms with Gasteiger partial charge in [-0.25, -0.2) is 0 Å². The molecule has 0 atom stereocenters. The number of hydrogen-bond acceptors (Lipinski definition) is 5. The Morgan fingerprint density at radius 1 is 1.17 bits per heavy atom. The van der Waals surface area contributed by atoms with Gasteiger partial charge in [0.25, 0.3) is 0 Å². The van der Waals surface area contributed by atoms with E-state index >= 15 is 0 Å². The van der Waals surface area contributed by atoms with Crippen LogP contribution in [0.25, 0.3) is 6.08 Å². The summed E-state index contributed by atoms with van der Waals surface area (Å²) in [5.41, 5.74) is 2.17. The zero-order chi connectivity index (χ0) is 20.8. The molecule has 0 radical (unpaired) electrons. The van der Waals surface area contributed by atoms with E-state index in [-0.39, 0.29) is 11.9 Å². The highest BCUT2D eigenvalue weighted by Crippen LogP contribution is 2.40. The van der Waals surface area contributed by atoms with Crippen molar-refractivity contribution in [1.82, 2.24) is 10.2 Å². The molecule has 2 heterocycles. The van der Waals surface area contributed by atoms with E-state index in [0.29, 0.717) is 30.5 Å². The third-order valence-corrected chi connectivity index (χ3v) is 5.46. The molecule has 1 fully saturated rings. The summed E-state index contributed by atoms with van der Waals surface area (Å²) in [7, 11) is 1.60. The van der Waals surface area contributed by atoms with Crippen LogP contribution in [0.4, 0.5) is 0 Å². The fourth-order valence-corrected chi connectivity index (χ4v) is 3.89. The summed E-state index contributed by atoms with van der Waals surface area (Å²) in [6, 6.07) is 14.4. The molecule has 2 aliphatic rings. The molecule has 0 saturated carbocycles. The average molecular weight is 408 g/mol. The van der Waals surface area contributed by atoms with Gasteiger partial charge >= 0.3 is 0 Å². The highest BCUT2D eigenvalue weighted by molar-refractivity contribution is 5.92. The van der Waals surface area contributed by atoms with Gasteiger partial charge in [0.05, 0.1) is 7.11 Å². The molecule has 2 aromatic rings. The second-order valence-electron chi connectivity index (χ2n) is 7.63. The Hall–Kier alpha value is -2.99. The fraction of sp³-hybridized carbons (Fsp3) is 0.375. The monoisotopic (exact) mass is 408 g/mol. The lowest BCUT2D eigenvalue weighted by molar-refractivity contribution is -0.117. The summed E-state index contributed by atoms with van der Waals surface area (Å²) in [6.07, 6.45) is 5.27. The number of carbonyl (C=O) groups is 1. The molecule has 30 heavy (non-hydrogen) atoms. The minimum Gasteiger partial charge on any atom is -0.493 e. The number of hydrogen-bond donors (Lipinski definition) is 1. The van der Waals surface area contributed by atoms with Gasteiger partial charge in [-0.05, 0) is 42.2 Å². The molecule has 1 N–H and O–H groups in total. The molecule has 0 aromatic heterocycles. The maximum Gasteiger partial charge on any atom is 0.244 e. The van der Waals surface area contributed by atoms with Crippen molar-refractivity contribution in [3.05, 3.63) is 59.7 Å². The summed E-state index contributed by atoms with van der Waals surface area (Å²) in [6.45, 7) is 3.96. The molecule has 2 aromatic carbocycles. The van der Waals surface area contributed by atoms with Crippen LogP contribution >= 0.6 is 0 Å². The molecule has 0 unspecified atom stereocenters. The Balaban J connectivity index is 1.28. The van der Waals surface area contributed by atoms with Gasteiger partial charge in [-0.15, -0.1) is 0 Å². The van der Waals surface area contributed by atoms with E-state index in [2.05, 4.69) is 34.5 Å². The van der Waals surface area contributed by atoms with Crippen molar-refractivity contribution in [2.24, 2.45) is 0 Å². The number of nitrogens with one attached hydrogen (secondary N) is 1. The smallest absolute Gasteiger partial charge is 0.244 e. The first-order valence-corrected chi connectivity index (χ1v) is 10.4. The van der Waals surface area contributed by atoms with Gasteiger partial charge in [0, 0.05) is 31.8 Å². The zero-order valence-electron chi connectivity index (χ0n) is 17.3. The van der Waals surface area contributed by atoms with Crippen molar-refractivity contribution < 1.29 is 19.0 Å². The maximum absolute atomic E-state index is 12.4. The topological polar surface area (TPSA) is 60.0 Å². The predicted octanol–water partition coefficient (Wildman–Crippen LogP) is 3.26. The number of rotatable bonds is 6. The largest absolute Gasteiger partial charge is 0.493 e. The Morgan fingerprint density at radius 3 is 2.70 bits per heavy atom. The molecule has 158 valence electrons. The van der Waals surface area contributed by atoms with Crippen LogP contribution in [-0.4, -0.2) is 50.3 Å². The summed E-state index contributed by atoms with van der Waals surface area (Å²) in [5, 5.41) is 3.12. The SMILES string of the molecule is COc1cc(/C=C/C(=O)NC2CCN(Cc3ccccc3)CC2)cc2c1OCCO2. The number of methoxy groups -OCH3 is 1. The number of piperidine rings is 1. The minimum absolute atomic E-state index is 0.0784. The summed E-state index contributed by atoms with van der Waals surface area (Å²) in [4.78, 5) is 14.8. The van der Waals surface area contributed by atoms with Crippen LogP contribution in [0, 0.1) is 0 Å². The number of benzene rings is 2. The fourth-order valence-electron chi connectivity index (χ4n) is 3.89. The van der Waals surface area contributed by atoms with Crippen LogP contribution in [0.5, 0.6) is 17.2 Å². The van der Waals surface area contributed by atoms with E-state index in [1.165, 1.54) is 5.56 Å². The van der Waals surface area contributed by atoms with Crippen molar-refractivity contribution in [1.29, 1.82) is 0 Å². The molecule has 0 bridgehead atoms. The lowest BCUT2D eigenvalue weighted by Crippen LogP contribution is -2.43. The van der Waals surface area contributed by atoms with E-state index in [1.54, 1.807) is 19.3 Å². The van der Waals surface area contributed by atoms with Crippen LogP contribution in [0.3, 0.4) is 0 Å². The lowest BCUT2D eigenvalue weighted by Gasteiger charge is -2.32. The lowest BCUT2D eigenvalue weighted by atomic mass is 10.0. The van der Waals surface area contributed by atoms with Gasteiger partial charge in [0.2, 0.25) is 11.7 Å². The molecule has 0 aliphatic carbocycles. The Labute approximate surface area is 177 Å². The van der Waals surface area contributed by atoms with Crippen LogP contribution in [0.2, 0.25) is 0 Å². The van der Waals surface area contributed by atoms with Gasteiger partial charge in [-0.2, -0.15) is 0 Å². The molecule has 6 nitrogen and oxygen atoms in total. The molecule has 1 amide bonds. The Morgan fingerprint density at radius 2 is 1.93 bits per heavy atom. The number of fused-ring (bicyclic) bond motifs is 1. The van der Waals surface area contributed by atoms with Gasteiger partial charge in [0.1, 0.15) is 13.2 Å². The first-order chi connectivity index (χ1) is 14.7. The van der Waals surface area contributed by atoms with Crippen molar-refractivity contribution in [2.75, 3.05) is 33.4 Å². The van der Waals surface area contributed by atoms with Crippen LogP contribution in [0.15, 0.2) is 48.5 Å². The van der Waals surface area contributed by atoms with Gasteiger partial charge in [-0.3, -0.25) is 9.69 Å². The van der Waals surface area contributed by atoms with E-state index in [0.717, 1.165) is 38.0 Å². The highest BCUT2D eigenvalue weighted by atomic mass is 16.6. The standard InChI is InChI=1S/C24H28N2O4/c1-28-21-15-19(16-22-24(21)30-14-13-29-22)7-8-23(27)25-20-9-11-26(12-10-20)17-18-5-3-2-4-6-18/h2-8,15-16,20H,9-14,17H2,1H3,(H,25,27)/b8-7+. The van der Waals surface area contributed by atoms with Crippen molar-refractivity contribution in [2.45, 2.75) is 25.4 Å². The molecule has 0 spiro atoms. The van der Waals surface area contributed by atoms with Crippen molar-refractivity contribution in [3.8, 4) is 17.2 Å². The zero-order valence-corrected chi connectivity index (χ0v) is 17.3. The molecule has 4 rings (SSSR count). The molecular weight excluding hydrogens is 380 g/mol. The predicted molar refractivity (Wildman–Crippen MR) is 116 cm³/mol. The van der Waals surface area contributed by atoms with Gasteiger partial charge in [-0.1, -0.05) is 30.3 Å². The second-order valence-corrected chi connectivity index (χ2v) is 7.63. The minimum atomic E-state index is -0.0784. The Bertz CT molecular complexity index is 872. The van der Waals surface area contributed by atoms with Gasteiger partial charge in [0.15, 0.2) is 11.5 Å². The normalized spacial score (nSPS) is 17.1. The van der Waals surface area contributed by atoms with Crippen molar-refractivity contribution >= 4 is 12.0 Å². The van der Waals surface area contributed by atoms with E-state index in [9.17, 15) is 4.79 Å². The van der Waals surface area contributed by atoms with Crippen LogP contribution in [0.1, 0.15) is 24.0 Å². The van der Waals surface area contributed by atoms with Crippen LogP contribution in [-0.2, 0) is 11.3 Å². The summed E-state index contributed by atoms with van der Waals surface area (Å²) in [5.74, 6) is 1.79. The first kappa shape index (κ1) is 20.3. The third kappa shape index (κ3) is 5.13. The quantitative estimate of drug-likeness (QED) is 0.744. The number of ether oxygens (including phenoxy) is 3. The second kappa shape index (κ2) is 9.67. The Kier molecular flexibility index (Phi) is 6.54. The summed E-state index contributed by atoms with van der Waals surface area (Å²) >= 11 is 0. The molecule has 1 saturated heterocycles.